The fourth-order valence-corrected chi connectivity index (χ4v) is 3.22. The van der Waals surface area contributed by atoms with Crippen LogP contribution in [0.15, 0.2) is 0 Å². The lowest BCUT2D eigenvalue weighted by molar-refractivity contribution is -0.140. The average Bonchev–Trinajstić information content (AvgIpc) is 2.40. The normalized spacial score (nSPS) is 28.6. The zero-order valence-electron chi connectivity index (χ0n) is 11.5. The van der Waals surface area contributed by atoms with E-state index >= 15 is 0 Å². The molecule has 2 fully saturated rings. The van der Waals surface area contributed by atoms with E-state index in [0.29, 0.717) is 11.9 Å². The molecule has 2 aliphatic heterocycles. The van der Waals surface area contributed by atoms with Crippen molar-refractivity contribution in [3.63, 3.8) is 0 Å². The van der Waals surface area contributed by atoms with Crippen molar-refractivity contribution in [2.45, 2.75) is 57.9 Å². The molecule has 3 nitrogen and oxygen atoms in total. The first-order chi connectivity index (χ1) is 8.33. The van der Waals surface area contributed by atoms with E-state index in [4.69, 9.17) is 0 Å². The molecule has 1 N–H and O–H groups in total. The van der Waals surface area contributed by atoms with Gasteiger partial charge in [0, 0.05) is 19.1 Å². The molecule has 0 saturated carbocycles. The summed E-state index contributed by atoms with van der Waals surface area (Å²) in [4.78, 5) is 14.7. The summed E-state index contributed by atoms with van der Waals surface area (Å²) in [6.07, 6.45) is 8.34. The predicted molar refractivity (Wildman–Crippen MR) is 77.1 cm³/mol. The number of nitrogens with zero attached hydrogens (tertiary/aromatic N) is 1. The molecule has 4 heteroatoms. The molecule has 2 heterocycles. The van der Waals surface area contributed by atoms with Crippen molar-refractivity contribution in [3.05, 3.63) is 0 Å². The Morgan fingerprint density at radius 2 is 2.11 bits per heavy atom. The maximum atomic E-state index is 12.5. The number of carbonyl (C=O) groups is 1. The molecule has 1 unspecified atom stereocenters. The van der Waals surface area contributed by atoms with E-state index in [-0.39, 0.29) is 18.3 Å². The monoisotopic (exact) mass is 274 g/mol. The van der Waals surface area contributed by atoms with Gasteiger partial charge < -0.3 is 10.2 Å². The second kappa shape index (κ2) is 8.00. The quantitative estimate of drug-likeness (QED) is 0.858. The van der Waals surface area contributed by atoms with E-state index in [9.17, 15) is 4.79 Å². The molecule has 0 aromatic rings. The summed E-state index contributed by atoms with van der Waals surface area (Å²) < 4.78 is 0. The molecule has 2 atom stereocenters. The van der Waals surface area contributed by atoms with Crippen LogP contribution in [0.3, 0.4) is 0 Å². The first-order valence-electron chi connectivity index (χ1n) is 7.34. The standard InChI is InChI=1S/C14H26N2O.ClH/c1-2-6-13-8-3-4-10-16(13)14(17)12-7-5-9-15-11-12;/h12-13,15H,2-11H2,1H3;1H/t12-,13?;/m1./s1. The van der Waals surface area contributed by atoms with Gasteiger partial charge in [-0.3, -0.25) is 4.79 Å². The minimum absolute atomic E-state index is 0. The van der Waals surface area contributed by atoms with E-state index in [1.807, 2.05) is 0 Å². The molecule has 0 aromatic carbocycles. The van der Waals surface area contributed by atoms with Gasteiger partial charge in [0.1, 0.15) is 0 Å². The first kappa shape index (κ1) is 15.8. The maximum absolute atomic E-state index is 12.5. The summed E-state index contributed by atoms with van der Waals surface area (Å²) in [5.74, 6) is 0.677. The van der Waals surface area contributed by atoms with Gasteiger partial charge >= 0.3 is 0 Å². The highest BCUT2D eigenvalue weighted by atomic mass is 35.5. The third kappa shape index (κ3) is 3.86. The van der Waals surface area contributed by atoms with Crippen LogP contribution in [-0.4, -0.2) is 36.5 Å². The van der Waals surface area contributed by atoms with E-state index in [1.54, 1.807) is 0 Å². The van der Waals surface area contributed by atoms with Gasteiger partial charge in [-0.15, -0.1) is 12.4 Å². The maximum Gasteiger partial charge on any atom is 0.227 e. The van der Waals surface area contributed by atoms with Crippen LogP contribution in [0, 0.1) is 5.92 Å². The average molecular weight is 275 g/mol. The number of hydrogen-bond acceptors (Lipinski definition) is 2. The van der Waals surface area contributed by atoms with Crippen molar-refractivity contribution in [1.82, 2.24) is 10.2 Å². The number of hydrogen-bond donors (Lipinski definition) is 1. The molecule has 0 radical (unpaired) electrons. The van der Waals surface area contributed by atoms with Gasteiger partial charge in [-0.2, -0.15) is 0 Å². The number of piperidine rings is 2. The molecule has 1 amide bonds. The Morgan fingerprint density at radius 1 is 1.28 bits per heavy atom. The first-order valence-corrected chi connectivity index (χ1v) is 7.34. The van der Waals surface area contributed by atoms with Crippen molar-refractivity contribution < 1.29 is 4.79 Å². The van der Waals surface area contributed by atoms with Crippen LogP contribution in [0.1, 0.15) is 51.9 Å². The van der Waals surface area contributed by atoms with E-state index in [2.05, 4.69) is 17.1 Å². The van der Waals surface area contributed by atoms with Crippen LogP contribution < -0.4 is 5.32 Å². The lowest BCUT2D eigenvalue weighted by Gasteiger charge is -2.38. The lowest BCUT2D eigenvalue weighted by atomic mass is 9.93. The zero-order valence-corrected chi connectivity index (χ0v) is 12.3. The van der Waals surface area contributed by atoms with Gasteiger partial charge in [0.05, 0.1) is 5.92 Å². The number of carbonyl (C=O) groups excluding carboxylic acids is 1. The molecular formula is C14H27ClN2O. The summed E-state index contributed by atoms with van der Waals surface area (Å²) in [7, 11) is 0. The van der Waals surface area contributed by atoms with Gasteiger partial charge in [-0.05, 0) is 45.1 Å². The Morgan fingerprint density at radius 3 is 2.78 bits per heavy atom. The molecule has 2 rings (SSSR count). The van der Waals surface area contributed by atoms with Crippen LogP contribution in [0.4, 0.5) is 0 Å². The number of likely N-dealkylation sites (tertiary alicyclic amines) is 1. The van der Waals surface area contributed by atoms with Crippen molar-refractivity contribution in [2.24, 2.45) is 5.92 Å². The van der Waals surface area contributed by atoms with Crippen molar-refractivity contribution in [3.8, 4) is 0 Å². The van der Waals surface area contributed by atoms with Crippen LogP contribution in [-0.2, 0) is 4.79 Å². The molecule has 2 aliphatic rings. The number of amides is 1. The lowest BCUT2D eigenvalue weighted by Crippen LogP contribution is -2.49. The van der Waals surface area contributed by atoms with Crippen molar-refractivity contribution >= 4 is 18.3 Å². The fourth-order valence-electron chi connectivity index (χ4n) is 3.22. The molecule has 0 bridgehead atoms. The molecule has 0 aromatic heterocycles. The minimum Gasteiger partial charge on any atom is -0.339 e. The van der Waals surface area contributed by atoms with Crippen LogP contribution in [0.25, 0.3) is 0 Å². The second-order valence-electron chi connectivity index (χ2n) is 5.51. The molecular weight excluding hydrogens is 248 g/mol. The molecule has 106 valence electrons. The summed E-state index contributed by atoms with van der Waals surface area (Å²) in [5.41, 5.74) is 0. The molecule has 2 saturated heterocycles. The van der Waals surface area contributed by atoms with Crippen LogP contribution in [0.2, 0.25) is 0 Å². The van der Waals surface area contributed by atoms with Gasteiger partial charge in [-0.25, -0.2) is 0 Å². The van der Waals surface area contributed by atoms with E-state index < -0.39 is 0 Å². The Bertz CT molecular complexity index is 252. The van der Waals surface area contributed by atoms with Gasteiger partial charge in [0.15, 0.2) is 0 Å². The van der Waals surface area contributed by atoms with Crippen molar-refractivity contribution in [2.75, 3.05) is 19.6 Å². The third-order valence-electron chi connectivity index (χ3n) is 4.18. The van der Waals surface area contributed by atoms with E-state index in [1.165, 1.54) is 32.1 Å². The van der Waals surface area contributed by atoms with Gasteiger partial charge in [0.2, 0.25) is 5.91 Å². The highest BCUT2D eigenvalue weighted by molar-refractivity contribution is 5.85. The third-order valence-corrected chi connectivity index (χ3v) is 4.18. The predicted octanol–water partition coefficient (Wildman–Crippen LogP) is 2.59. The van der Waals surface area contributed by atoms with Gasteiger partial charge in [0.25, 0.3) is 0 Å². The highest BCUT2D eigenvalue weighted by Crippen LogP contribution is 2.24. The zero-order chi connectivity index (χ0) is 12.1. The smallest absolute Gasteiger partial charge is 0.227 e. The highest BCUT2D eigenvalue weighted by Gasteiger charge is 2.31. The topological polar surface area (TPSA) is 32.3 Å². The largest absolute Gasteiger partial charge is 0.339 e. The Hall–Kier alpha value is -0.280. The van der Waals surface area contributed by atoms with Crippen molar-refractivity contribution in [1.29, 1.82) is 0 Å². The minimum atomic E-state index is 0. The Labute approximate surface area is 117 Å². The summed E-state index contributed by atoms with van der Waals surface area (Å²) >= 11 is 0. The number of halogens is 1. The Kier molecular flexibility index (Phi) is 7.02. The Balaban J connectivity index is 0.00000162. The molecule has 0 aliphatic carbocycles. The fraction of sp³-hybridized carbons (Fsp3) is 0.929. The van der Waals surface area contributed by atoms with Gasteiger partial charge in [-0.1, -0.05) is 13.3 Å². The second-order valence-corrected chi connectivity index (χ2v) is 5.51. The van der Waals surface area contributed by atoms with Crippen LogP contribution in [0.5, 0.6) is 0 Å². The summed E-state index contributed by atoms with van der Waals surface area (Å²) in [6, 6.07) is 0.531. The molecule has 18 heavy (non-hydrogen) atoms. The number of rotatable bonds is 3. The van der Waals surface area contributed by atoms with Crippen LogP contribution >= 0.6 is 12.4 Å². The van der Waals surface area contributed by atoms with E-state index in [0.717, 1.165) is 32.5 Å². The molecule has 0 spiro atoms. The SMILES string of the molecule is CCCC1CCCCN1C(=O)[C@@H]1CCCNC1.Cl. The summed E-state index contributed by atoms with van der Waals surface area (Å²) in [6.45, 7) is 5.20. The summed E-state index contributed by atoms with van der Waals surface area (Å²) in [5, 5.41) is 3.35. The number of nitrogens with one attached hydrogen (secondary N) is 1.